The minimum Gasteiger partial charge on any atom is -0.261 e. The Bertz CT molecular complexity index is 548. The van der Waals surface area contributed by atoms with E-state index in [4.69, 9.17) is 0 Å². The van der Waals surface area contributed by atoms with Gasteiger partial charge in [-0.3, -0.25) is 4.98 Å². The molecule has 0 bridgehead atoms. The summed E-state index contributed by atoms with van der Waals surface area (Å²) in [5.74, 6) is 0. The lowest BCUT2D eigenvalue weighted by atomic mass is 9.79. The van der Waals surface area contributed by atoms with E-state index in [1.165, 1.54) is 22.3 Å². The van der Waals surface area contributed by atoms with Gasteiger partial charge in [0.05, 0.1) is 0 Å². The summed E-state index contributed by atoms with van der Waals surface area (Å²) < 4.78 is 0. The van der Waals surface area contributed by atoms with Crippen LogP contribution in [0.25, 0.3) is 11.1 Å². The van der Waals surface area contributed by atoms with E-state index in [1.807, 2.05) is 6.20 Å². The fourth-order valence-corrected chi connectivity index (χ4v) is 2.63. The highest BCUT2D eigenvalue weighted by Crippen LogP contribution is 2.36. The van der Waals surface area contributed by atoms with E-state index >= 15 is 0 Å². The molecule has 0 saturated carbocycles. The van der Waals surface area contributed by atoms with Gasteiger partial charge in [0, 0.05) is 17.5 Å². The molecule has 1 aromatic carbocycles. The van der Waals surface area contributed by atoms with Gasteiger partial charge in [-0.1, -0.05) is 51.1 Å². The van der Waals surface area contributed by atoms with E-state index in [0.717, 1.165) is 5.69 Å². The highest BCUT2D eigenvalue weighted by Gasteiger charge is 2.22. The van der Waals surface area contributed by atoms with Crippen LogP contribution in [0.2, 0.25) is 0 Å². The molecule has 0 saturated heterocycles. The van der Waals surface area contributed by atoms with Gasteiger partial charge in [-0.05, 0) is 36.0 Å². The number of nitrogens with zero attached hydrogens (tertiary/aromatic N) is 1. The van der Waals surface area contributed by atoms with Gasteiger partial charge in [0.25, 0.3) is 0 Å². The molecule has 1 aromatic heterocycles. The van der Waals surface area contributed by atoms with Gasteiger partial charge in [0.2, 0.25) is 0 Å². The van der Waals surface area contributed by atoms with Crippen molar-refractivity contribution in [2.24, 2.45) is 0 Å². The van der Waals surface area contributed by atoms with Crippen LogP contribution in [0.3, 0.4) is 0 Å². The lowest BCUT2D eigenvalue weighted by molar-refractivity contribution is 0.586. The summed E-state index contributed by atoms with van der Waals surface area (Å²) in [6.45, 7) is 11.0. The summed E-state index contributed by atoms with van der Waals surface area (Å²) >= 11 is 0. The van der Waals surface area contributed by atoms with Crippen LogP contribution in [0.1, 0.15) is 37.6 Å². The van der Waals surface area contributed by atoms with Crippen molar-refractivity contribution in [3.05, 3.63) is 53.3 Å². The summed E-state index contributed by atoms with van der Waals surface area (Å²) in [5, 5.41) is 0. The lowest BCUT2D eigenvalue weighted by Crippen LogP contribution is -2.16. The topological polar surface area (TPSA) is 12.9 Å². The number of hydrogen-bond donors (Lipinski definition) is 0. The third-order valence-electron chi connectivity index (χ3n) is 3.27. The molecule has 1 nitrogen and oxygen atoms in total. The minimum absolute atomic E-state index is 0.128. The fourth-order valence-electron chi connectivity index (χ4n) is 2.63. The van der Waals surface area contributed by atoms with Gasteiger partial charge in [-0.15, -0.1) is 0 Å². The summed E-state index contributed by atoms with van der Waals surface area (Å²) in [7, 11) is 0. The normalized spacial score (nSPS) is 11.6. The van der Waals surface area contributed by atoms with Crippen LogP contribution in [0.5, 0.6) is 0 Å². The van der Waals surface area contributed by atoms with E-state index in [-0.39, 0.29) is 5.41 Å². The predicted molar refractivity (Wildman–Crippen MR) is 77.8 cm³/mol. The summed E-state index contributed by atoms with van der Waals surface area (Å²) in [5.41, 5.74) is 6.47. The Balaban J connectivity index is 2.78. The van der Waals surface area contributed by atoms with Crippen molar-refractivity contribution >= 4 is 0 Å². The standard InChI is InChI=1S/C17H21N/c1-12-11-18-13(2)15(16(12)17(3,4)5)14-9-7-6-8-10-14/h6-11H,1-5H3. The Hall–Kier alpha value is -1.63. The van der Waals surface area contributed by atoms with Crippen LogP contribution in [-0.4, -0.2) is 4.98 Å². The fraction of sp³-hybridized carbons (Fsp3) is 0.353. The van der Waals surface area contributed by atoms with E-state index in [1.54, 1.807) is 0 Å². The third-order valence-corrected chi connectivity index (χ3v) is 3.27. The molecular weight excluding hydrogens is 218 g/mol. The maximum Gasteiger partial charge on any atom is 0.0454 e. The summed E-state index contributed by atoms with van der Waals surface area (Å²) in [6.07, 6.45) is 1.99. The molecule has 2 aromatic rings. The lowest BCUT2D eigenvalue weighted by Gasteiger charge is -2.26. The predicted octanol–water partition coefficient (Wildman–Crippen LogP) is 4.66. The maximum absolute atomic E-state index is 4.53. The van der Waals surface area contributed by atoms with Crippen LogP contribution < -0.4 is 0 Å². The number of pyridine rings is 1. The molecule has 0 radical (unpaired) electrons. The molecule has 0 aliphatic rings. The Morgan fingerprint density at radius 2 is 1.56 bits per heavy atom. The number of hydrogen-bond acceptors (Lipinski definition) is 1. The van der Waals surface area contributed by atoms with Crippen LogP contribution in [-0.2, 0) is 5.41 Å². The van der Waals surface area contributed by atoms with Crippen LogP contribution >= 0.6 is 0 Å². The molecule has 0 spiro atoms. The Morgan fingerprint density at radius 1 is 0.944 bits per heavy atom. The van der Waals surface area contributed by atoms with Crippen molar-refractivity contribution in [1.82, 2.24) is 4.98 Å². The van der Waals surface area contributed by atoms with Crippen molar-refractivity contribution in [3.8, 4) is 11.1 Å². The third kappa shape index (κ3) is 2.31. The van der Waals surface area contributed by atoms with E-state index < -0.39 is 0 Å². The van der Waals surface area contributed by atoms with Gasteiger partial charge in [-0.25, -0.2) is 0 Å². The van der Waals surface area contributed by atoms with Crippen LogP contribution in [0.4, 0.5) is 0 Å². The number of aromatic nitrogens is 1. The molecule has 0 aliphatic heterocycles. The second kappa shape index (κ2) is 4.56. The molecule has 94 valence electrons. The maximum atomic E-state index is 4.53. The first-order valence-corrected chi connectivity index (χ1v) is 6.43. The van der Waals surface area contributed by atoms with E-state index in [0.29, 0.717) is 0 Å². The molecule has 0 aliphatic carbocycles. The average Bonchev–Trinajstić information content (AvgIpc) is 2.31. The molecule has 0 unspecified atom stereocenters. The Labute approximate surface area is 110 Å². The van der Waals surface area contributed by atoms with Gasteiger partial charge in [0.15, 0.2) is 0 Å². The zero-order valence-electron chi connectivity index (χ0n) is 11.9. The first kappa shape index (κ1) is 12.8. The second-order valence-electron chi connectivity index (χ2n) is 5.89. The SMILES string of the molecule is Cc1cnc(C)c(-c2ccccc2)c1C(C)(C)C. The average molecular weight is 239 g/mol. The van der Waals surface area contributed by atoms with Crippen molar-refractivity contribution in [2.45, 2.75) is 40.0 Å². The van der Waals surface area contributed by atoms with Crippen LogP contribution in [0.15, 0.2) is 36.5 Å². The molecule has 0 amide bonds. The number of benzene rings is 1. The summed E-state index contributed by atoms with van der Waals surface area (Å²) in [6, 6.07) is 10.6. The number of rotatable bonds is 1. The molecule has 18 heavy (non-hydrogen) atoms. The minimum atomic E-state index is 0.128. The highest BCUT2D eigenvalue weighted by molar-refractivity contribution is 5.72. The van der Waals surface area contributed by atoms with Crippen molar-refractivity contribution in [3.63, 3.8) is 0 Å². The molecule has 0 atom stereocenters. The van der Waals surface area contributed by atoms with Gasteiger partial charge >= 0.3 is 0 Å². The molecule has 1 heterocycles. The van der Waals surface area contributed by atoms with E-state index in [9.17, 15) is 0 Å². The molecule has 0 N–H and O–H groups in total. The van der Waals surface area contributed by atoms with Crippen molar-refractivity contribution in [1.29, 1.82) is 0 Å². The molecule has 1 heteroatoms. The molecular formula is C17H21N. The second-order valence-corrected chi connectivity index (χ2v) is 5.89. The zero-order chi connectivity index (χ0) is 13.3. The van der Waals surface area contributed by atoms with Gasteiger partial charge in [0.1, 0.15) is 0 Å². The monoisotopic (exact) mass is 239 g/mol. The highest BCUT2D eigenvalue weighted by atomic mass is 14.7. The van der Waals surface area contributed by atoms with Crippen molar-refractivity contribution in [2.75, 3.05) is 0 Å². The smallest absolute Gasteiger partial charge is 0.0454 e. The Morgan fingerprint density at radius 3 is 2.11 bits per heavy atom. The van der Waals surface area contributed by atoms with E-state index in [2.05, 4.69) is 69.9 Å². The first-order valence-electron chi connectivity index (χ1n) is 6.43. The van der Waals surface area contributed by atoms with Gasteiger partial charge in [-0.2, -0.15) is 0 Å². The summed E-state index contributed by atoms with van der Waals surface area (Å²) in [4.78, 5) is 4.53. The number of aryl methyl sites for hydroxylation is 2. The first-order chi connectivity index (χ1) is 8.41. The van der Waals surface area contributed by atoms with Crippen LogP contribution in [0, 0.1) is 13.8 Å². The molecule has 0 fully saturated rings. The largest absolute Gasteiger partial charge is 0.261 e. The quantitative estimate of drug-likeness (QED) is 0.705. The molecule has 2 rings (SSSR count). The van der Waals surface area contributed by atoms with Crippen molar-refractivity contribution < 1.29 is 0 Å². The van der Waals surface area contributed by atoms with Gasteiger partial charge < -0.3 is 0 Å². The Kier molecular flexibility index (Phi) is 3.25. The zero-order valence-corrected chi connectivity index (χ0v) is 11.9.